The second-order valence-electron chi connectivity index (χ2n) is 3.69. The summed E-state index contributed by atoms with van der Waals surface area (Å²) in [6, 6.07) is 4.57. The molecule has 0 bridgehead atoms. The molecule has 1 unspecified atom stereocenters. The van der Waals surface area contributed by atoms with E-state index >= 15 is 0 Å². The summed E-state index contributed by atoms with van der Waals surface area (Å²) >= 11 is 5.77. The van der Waals surface area contributed by atoms with Crippen LogP contribution in [0.3, 0.4) is 0 Å². The zero-order valence-corrected chi connectivity index (χ0v) is 9.60. The molecule has 0 heterocycles. The SMILES string of the molecule is CCC(O)CCCc1cc(Cl)ccc1F. The first-order valence-electron chi connectivity index (χ1n) is 5.25. The molecule has 1 atom stereocenters. The van der Waals surface area contributed by atoms with Crippen LogP contribution in [-0.4, -0.2) is 11.2 Å². The van der Waals surface area contributed by atoms with Crippen molar-refractivity contribution in [2.45, 2.75) is 38.7 Å². The molecule has 1 aromatic rings. The van der Waals surface area contributed by atoms with E-state index in [-0.39, 0.29) is 11.9 Å². The van der Waals surface area contributed by atoms with Gasteiger partial charge in [0.15, 0.2) is 0 Å². The molecule has 0 radical (unpaired) electrons. The van der Waals surface area contributed by atoms with Crippen molar-refractivity contribution in [2.75, 3.05) is 0 Å². The Balaban J connectivity index is 2.46. The second kappa shape index (κ2) is 6.09. The average molecular weight is 231 g/mol. The number of rotatable bonds is 5. The van der Waals surface area contributed by atoms with Crippen LogP contribution in [0, 0.1) is 5.82 Å². The fourth-order valence-corrected chi connectivity index (χ4v) is 1.66. The van der Waals surface area contributed by atoms with Gasteiger partial charge in [0.2, 0.25) is 0 Å². The van der Waals surface area contributed by atoms with Crippen molar-refractivity contribution in [3.63, 3.8) is 0 Å². The molecule has 0 spiro atoms. The van der Waals surface area contributed by atoms with E-state index in [1.807, 2.05) is 6.92 Å². The van der Waals surface area contributed by atoms with Crippen LogP contribution in [0.4, 0.5) is 4.39 Å². The molecule has 0 saturated heterocycles. The number of hydrogen-bond donors (Lipinski definition) is 1. The zero-order chi connectivity index (χ0) is 11.3. The lowest BCUT2D eigenvalue weighted by atomic mass is 10.0. The smallest absolute Gasteiger partial charge is 0.126 e. The third-order valence-electron chi connectivity index (χ3n) is 2.46. The largest absolute Gasteiger partial charge is 0.393 e. The van der Waals surface area contributed by atoms with E-state index in [1.165, 1.54) is 6.07 Å². The molecule has 1 N–H and O–H groups in total. The maximum absolute atomic E-state index is 13.3. The lowest BCUT2D eigenvalue weighted by Crippen LogP contribution is -2.04. The average Bonchev–Trinajstić information content (AvgIpc) is 2.23. The van der Waals surface area contributed by atoms with Crippen molar-refractivity contribution in [1.82, 2.24) is 0 Å². The van der Waals surface area contributed by atoms with Gasteiger partial charge in [-0.1, -0.05) is 18.5 Å². The van der Waals surface area contributed by atoms with Gasteiger partial charge in [0.1, 0.15) is 5.82 Å². The Morgan fingerprint density at radius 3 is 2.87 bits per heavy atom. The van der Waals surface area contributed by atoms with E-state index < -0.39 is 0 Å². The van der Waals surface area contributed by atoms with Crippen molar-refractivity contribution in [3.8, 4) is 0 Å². The van der Waals surface area contributed by atoms with E-state index in [9.17, 15) is 9.50 Å². The first kappa shape index (κ1) is 12.5. The van der Waals surface area contributed by atoms with Gasteiger partial charge in [-0.2, -0.15) is 0 Å². The van der Waals surface area contributed by atoms with Crippen LogP contribution >= 0.6 is 11.6 Å². The van der Waals surface area contributed by atoms with E-state index in [4.69, 9.17) is 11.6 Å². The second-order valence-corrected chi connectivity index (χ2v) is 4.13. The summed E-state index contributed by atoms with van der Waals surface area (Å²) in [7, 11) is 0. The highest BCUT2D eigenvalue weighted by atomic mass is 35.5. The molecule has 1 nitrogen and oxygen atoms in total. The highest BCUT2D eigenvalue weighted by molar-refractivity contribution is 6.30. The van der Waals surface area contributed by atoms with Crippen LogP contribution in [0.5, 0.6) is 0 Å². The predicted octanol–water partition coefficient (Wildman–Crippen LogP) is 3.57. The van der Waals surface area contributed by atoms with Crippen LogP contribution in [0.2, 0.25) is 5.02 Å². The minimum atomic E-state index is -0.271. The minimum absolute atomic E-state index is 0.217. The summed E-state index contributed by atoms with van der Waals surface area (Å²) in [5.41, 5.74) is 0.630. The molecule has 1 rings (SSSR count). The standard InChI is InChI=1S/C12H16ClFO/c1-2-11(15)5-3-4-9-8-10(13)6-7-12(9)14/h6-8,11,15H,2-5H2,1H3. The Morgan fingerprint density at radius 2 is 2.20 bits per heavy atom. The molecular weight excluding hydrogens is 215 g/mol. The maximum Gasteiger partial charge on any atom is 0.126 e. The quantitative estimate of drug-likeness (QED) is 0.820. The van der Waals surface area contributed by atoms with E-state index in [0.717, 1.165) is 12.8 Å². The Kier molecular flexibility index (Phi) is 5.06. The van der Waals surface area contributed by atoms with Crippen molar-refractivity contribution in [2.24, 2.45) is 0 Å². The van der Waals surface area contributed by atoms with Gasteiger partial charge >= 0.3 is 0 Å². The zero-order valence-electron chi connectivity index (χ0n) is 8.84. The number of aryl methyl sites for hydroxylation is 1. The first-order chi connectivity index (χ1) is 7.13. The summed E-state index contributed by atoms with van der Waals surface area (Å²) < 4.78 is 13.3. The fourth-order valence-electron chi connectivity index (χ4n) is 1.47. The van der Waals surface area contributed by atoms with E-state index in [2.05, 4.69) is 0 Å². The number of benzene rings is 1. The topological polar surface area (TPSA) is 20.2 Å². The Labute approximate surface area is 94.9 Å². The molecule has 0 aliphatic heterocycles. The fraction of sp³-hybridized carbons (Fsp3) is 0.500. The minimum Gasteiger partial charge on any atom is -0.393 e. The number of halogens is 2. The van der Waals surface area contributed by atoms with Crippen LogP contribution < -0.4 is 0 Å². The molecule has 1 aromatic carbocycles. The number of aliphatic hydroxyl groups excluding tert-OH is 1. The predicted molar refractivity (Wildman–Crippen MR) is 60.6 cm³/mol. The van der Waals surface area contributed by atoms with Crippen LogP contribution in [0.15, 0.2) is 18.2 Å². The molecular formula is C12H16ClFO. The van der Waals surface area contributed by atoms with Crippen molar-refractivity contribution >= 4 is 11.6 Å². The Bertz CT molecular complexity index is 314. The molecule has 0 aromatic heterocycles. The number of hydrogen-bond acceptors (Lipinski definition) is 1. The molecule has 0 fully saturated rings. The number of aliphatic hydroxyl groups is 1. The van der Waals surface area contributed by atoms with Crippen molar-refractivity contribution < 1.29 is 9.50 Å². The van der Waals surface area contributed by atoms with Crippen LogP contribution in [-0.2, 0) is 6.42 Å². The van der Waals surface area contributed by atoms with Gasteiger partial charge in [0, 0.05) is 5.02 Å². The van der Waals surface area contributed by atoms with Gasteiger partial charge in [-0.25, -0.2) is 4.39 Å². The van der Waals surface area contributed by atoms with Gasteiger partial charge < -0.3 is 5.11 Å². The van der Waals surface area contributed by atoms with Gasteiger partial charge in [0.25, 0.3) is 0 Å². The molecule has 15 heavy (non-hydrogen) atoms. The Hall–Kier alpha value is -0.600. The van der Waals surface area contributed by atoms with Crippen LogP contribution in [0.1, 0.15) is 31.7 Å². The van der Waals surface area contributed by atoms with Gasteiger partial charge in [-0.3, -0.25) is 0 Å². The molecule has 0 aliphatic rings. The molecule has 84 valence electrons. The first-order valence-corrected chi connectivity index (χ1v) is 5.63. The summed E-state index contributed by atoms with van der Waals surface area (Å²) in [5, 5.41) is 9.90. The Morgan fingerprint density at radius 1 is 1.47 bits per heavy atom. The van der Waals surface area contributed by atoms with Gasteiger partial charge in [0.05, 0.1) is 6.10 Å². The van der Waals surface area contributed by atoms with Gasteiger partial charge in [-0.05, 0) is 49.4 Å². The van der Waals surface area contributed by atoms with Crippen molar-refractivity contribution in [1.29, 1.82) is 0 Å². The normalized spacial score (nSPS) is 12.8. The lowest BCUT2D eigenvalue weighted by Gasteiger charge is -2.07. The monoisotopic (exact) mass is 230 g/mol. The van der Waals surface area contributed by atoms with Crippen LogP contribution in [0.25, 0.3) is 0 Å². The molecule has 0 aliphatic carbocycles. The lowest BCUT2D eigenvalue weighted by molar-refractivity contribution is 0.157. The van der Waals surface area contributed by atoms with E-state index in [0.29, 0.717) is 23.4 Å². The maximum atomic E-state index is 13.3. The molecule has 3 heteroatoms. The van der Waals surface area contributed by atoms with Crippen molar-refractivity contribution in [3.05, 3.63) is 34.6 Å². The summed E-state index contributed by atoms with van der Waals surface area (Å²) in [6.07, 6.45) is 2.60. The van der Waals surface area contributed by atoms with Gasteiger partial charge in [-0.15, -0.1) is 0 Å². The highest BCUT2D eigenvalue weighted by Gasteiger charge is 2.05. The summed E-state index contributed by atoms with van der Waals surface area (Å²) in [4.78, 5) is 0. The summed E-state index contributed by atoms with van der Waals surface area (Å²) in [5.74, 6) is -0.217. The third-order valence-corrected chi connectivity index (χ3v) is 2.70. The summed E-state index contributed by atoms with van der Waals surface area (Å²) in [6.45, 7) is 1.94. The third kappa shape index (κ3) is 4.18. The molecule has 0 amide bonds. The molecule has 0 saturated carbocycles. The highest BCUT2D eigenvalue weighted by Crippen LogP contribution is 2.17. The van der Waals surface area contributed by atoms with E-state index in [1.54, 1.807) is 12.1 Å².